The fourth-order valence-electron chi connectivity index (χ4n) is 2.18. The maximum atomic E-state index is 11.5. The molecule has 1 aromatic heterocycles. The van der Waals surface area contributed by atoms with Crippen LogP contribution in [0, 0.1) is 13.8 Å². The molecule has 1 saturated carbocycles. The van der Waals surface area contributed by atoms with Crippen molar-refractivity contribution in [2.45, 2.75) is 49.3 Å². The molecule has 110 valence electrons. The third kappa shape index (κ3) is 3.95. The summed E-state index contributed by atoms with van der Waals surface area (Å²) in [5.74, 6) is 0. The first-order valence-electron chi connectivity index (χ1n) is 7.19. The summed E-state index contributed by atoms with van der Waals surface area (Å²) in [6.07, 6.45) is 2.61. The van der Waals surface area contributed by atoms with E-state index >= 15 is 0 Å². The summed E-state index contributed by atoms with van der Waals surface area (Å²) in [6, 6.07) is 8.61. The monoisotopic (exact) mass is 301 g/mol. The average molecular weight is 301 g/mol. The largest absolute Gasteiger partial charge is 0.310 e. The van der Waals surface area contributed by atoms with Crippen LogP contribution in [0.1, 0.15) is 29.7 Å². The van der Waals surface area contributed by atoms with Gasteiger partial charge in [-0.3, -0.25) is 4.79 Å². The Labute approximate surface area is 128 Å². The van der Waals surface area contributed by atoms with Gasteiger partial charge in [0, 0.05) is 29.2 Å². The van der Waals surface area contributed by atoms with Gasteiger partial charge in [0.1, 0.15) is 0 Å². The molecular weight excluding hydrogens is 282 g/mol. The Morgan fingerprint density at radius 3 is 2.81 bits per heavy atom. The third-order valence-corrected chi connectivity index (χ3v) is 4.41. The Kier molecular flexibility index (Phi) is 4.12. The van der Waals surface area contributed by atoms with Gasteiger partial charge in [-0.1, -0.05) is 17.8 Å². The number of aromatic nitrogens is 2. The lowest BCUT2D eigenvalue weighted by Gasteiger charge is -2.09. The van der Waals surface area contributed by atoms with Crippen LogP contribution in [0.4, 0.5) is 0 Å². The Balaban J connectivity index is 1.73. The van der Waals surface area contributed by atoms with Crippen molar-refractivity contribution in [2.24, 2.45) is 0 Å². The molecule has 3 rings (SSSR count). The minimum absolute atomic E-state index is 0.105. The molecule has 0 bridgehead atoms. The zero-order valence-electron chi connectivity index (χ0n) is 12.3. The normalized spacial score (nSPS) is 14.4. The van der Waals surface area contributed by atoms with E-state index in [9.17, 15) is 4.79 Å². The molecule has 0 saturated heterocycles. The van der Waals surface area contributed by atoms with Gasteiger partial charge in [-0.2, -0.15) is 0 Å². The van der Waals surface area contributed by atoms with Gasteiger partial charge in [0.15, 0.2) is 5.16 Å². The molecular formula is C16H19N3OS. The van der Waals surface area contributed by atoms with Crippen molar-refractivity contribution in [3.8, 4) is 0 Å². The maximum Gasteiger partial charge on any atom is 0.251 e. The lowest BCUT2D eigenvalue weighted by atomic mass is 10.1. The molecule has 4 nitrogen and oxygen atoms in total. The molecule has 1 heterocycles. The van der Waals surface area contributed by atoms with E-state index in [1.54, 1.807) is 0 Å². The topological polar surface area (TPSA) is 57.8 Å². The highest BCUT2D eigenvalue weighted by molar-refractivity contribution is 7.99. The maximum absolute atomic E-state index is 11.5. The first-order chi connectivity index (χ1) is 10.1. The van der Waals surface area contributed by atoms with Gasteiger partial charge in [0.2, 0.25) is 0 Å². The number of nitrogens with one attached hydrogen (secondary N) is 2. The first kappa shape index (κ1) is 14.4. The van der Waals surface area contributed by atoms with Crippen LogP contribution in [-0.4, -0.2) is 16.0 Å². The molecule has 1 fully saturated rings. The van der Waals surface area contributed by atoms with E-state index in [0.29, 0.717) is 5.16 Å². The van der Waals surface area contributed by atoms with Crippen LogP contribution >= 0.6 is 11.8 Å². The summed E-state index contributed by atoms with van der Waals surface area (Å²) in [5, 5.41) is 4.17. The molecule has 0 amide bonds. The summed E-state index contributed by atoms with van der Waals surface area (Å²) in [6.45, 7) is 4.89. The average Bonchev–Trinajstić information content (AvgIpc) is 3.20. The van der Waals surface area contributed by atoms with E-state index in [1.807, 2.05) is 6.92 Å². The van der Waals surface area contributed by atoms with Gasteiger partial charge in [0.05, 0.1) is 0 Å². The van der Waals surface area contributed by atoms with E-state index in [0.717, 1.165) is 23.2 Å². The Morgan fingerprint density at radius 2 is 2.14 bits per heavy atom. The standard InChI is InChI=1S/C16H19N3OS/c1-10-7-14(6-3-12(10)9-17-13-4-5-13)21-16-18-11(2)8-15(20)19-16/h3,6-8,13,17H,4-5,9H2,1-2H3,(H,18,19,20). The van der Waals surface area contributed by atoms with Crippen molar-refractivity contribution in [2.75, 3.05) is 0 Å². The molecule has 1 aromatic carbocycles. The number of nitrogens with zero attached hydrogens (tertiary/aromatic N) is 1. The van der Waals surface area contributed by atoms with Crippen LogP contribution in [0.2, 0.25) is 0 Å². The van der Waals surface area contributed by atoms with Crippen molar-refractivity contribution in [1.82, 2.24) is 15.3 Å². The van der Waals surface area contributed by atoms with Gasteiger partial charge < -0.3 is 10.3 Å². The van der Waals surface area contributed by atoms with Crippen LogP contribution in [0.5, 0.6) is 0 Å². The summed E-state index contributed by atoms with van der Waals surface area (Å²) in [5.41, 5.74) is 3.23. The minimum atomic E-state index is -0.105. The zero-order valence-corrected chi connectivity index (χ0v) is 13.1. The number of benzene rings is 1. The van der Waals surface area contributed by atoms with Crippen LogP contribution in [-0.2, 0) is 6.54 Å². The number of aromatic amines is 1. The molecule has 0 radical (unpaired) electrons. The van der Waals surface area contributed by atoms with E-state index in [4.69, 9.17) is 0 Å². The summed E-state index contributed by atoms with van der Waals surface area (Å²) in [4.78, 5) is 19.7. The second-order valence-corrected chi connectivity index (χ2v) is 6.60. The van der Waals surface area contributed by atoms with Crippen LogP contribution in [0.15, 0.2) is 39.1 Å². The molecule has 2 aromatic rings. The Morgan fingerprint density at radius 1 is 1.33 bits per heavy atom. The van der Waals surface area contributed by atoms with Crippen LogP contribution < -0.4 is 10.9 Å². The van der Waals surface area contributed by atoms with Crippen LogP contribution in [0.25, 0.3) is 0 Å². The molecule has 2 N–H and O–H groups in total. The van der Waals surface area contributed by atoms with Gasteiger partial charge in [-0.15, -0.1) is 0 Å². The second kappa shape index (κ2) is 6.03. The lowest BCUT2D eigenvalue weighted by molar-refractivity contribution is 0.685. The Hall–Kier alpha value is -1.59. The van der Waals surface area contributed by atoms with Gasteiger partial charge in [-0.25, -0.2) is 4.98 Å². The van der Waals surface area contributed by atoms with Crippen LogP contribution in [0.3, 0.4) is 0 Å². The molecule has 5 heteroatoms. The van der Waals surface area contributed by atoms with Gasteiger partial charge in [-0.05, 0) is 49.9 Å². The van der Waals surface area contributed by atoms with Crippen molar-refractivity contribution < 1.29 is 0 Å². The zero-order chi connectivity index (χ0) is 14.8. The highest BCUT2D eigenvalue weighted by atomic mass is 32.2. The van der Waals surface area contributed by atoms with Gasteiger partial charge >= 0.3 is 0 Å². The van der Waals surface area contributed by atoms with Crippen molar-refractivity contribution in [3.63, 3.8) is 0 Å². The predicted molar refractivity (Wildman–Crippen MR) is 84.8 cm³/mol. The number of rotatable bonds is 5. The number of hydrogen-bond acceptors (Lipinski definition) is 4. The predicted octanol–water partition coefficient (Wildman–Crippen LogP) is 2.79. The fraction of sp³-hybridized carbons (Fsp3) is 0.375. The summed E-state index contributed by atoms with van der Waals surface area (Å²) in [7, 11) is 0. The molecule has 0 atom stereocenters. The number of aryl methyl sites for hydroxylation is 2. The molecule has 0 aliphatic heterocycles. The van der Waals surface area contributed by atoms with Crippen molar-refractivity contribution in [1.29, 1.82) is 0 Å². The summed E-state index contributed by atoms with van der Waals surface area (Å²) >= 11 is 1.49. The van der Waals surface area contributed by atoms with Crippen molar-refractivity contribution in [3.05, 3.63) is 51.4 Å². The number of hydrogen-bond donors (Lipinski definition) is 2. The molecule has 0 spiro atoms. The van der Waals surface area contributed by atoms with E-state index in [2.05, 4.69) is 40.4 Å². The molecule has 1 aliphatic rings. The van der Waals surface area contributed by atoms with Gasteiger partial charge in [0.25, 0.3) is 5.56 Å². The summed E-state index contributed by atoms with van der Waals surface area (Å²) < 4.78 is 0. The van der Waals surface area contributed by atoms with E-state index in [1.165, 1.54) is 41.8 Å². The second-order valence-electron chi connectivity index (χ2n) is 5.54. The molecule has 0 unspecified atom stereocenters. The SMILES string of the molecule is Cc1cc(=O)[nH]c(Sc2ccc(CNC3CC3)c(C)c2)n1. The Bertz CT molecular complexity index is 707. The van der Waals surface area contributed by atoms with E-state index in [-0.39, 0.29) is 5.56 Å². The smallest absolute Gasteiger partial charge is 0.251 e. The van der Waals surface area contributed by atoms with E-state index < -0.39 is 0 Å². The van der Waals surface area contributed by atoms with Crippen molar-refractivity contribution >= 4 is 11.8 Å². The quantitative estimate of drug-likeness (QED) is 0.834. The highest BCUT2D eigenvalue weighted by Crippen LogP contribution is 2.26. The molecule has 21 heavy (non-hydrogen) atoms. The third-order valence-electron chi connectivity index (χ3n) is 3.54. The minimum Gasteiger partial charge on any atom is -0.310 e. The molecule has 1 aliphatic carbocycles. The lowest BCUT2D eigenvalue weighted by Crippen LogP contribution is -2.15. The fourth-order valence-corrected chi connectivity index (χ4v) is 3.12. The first-order valence-corrected chi connectivity index (χ1v) is 8.00. The highest BCUT2D eigenvalue weighted by Gasteiger charge is 2.20. The number of H-pyrrole nitrogens is 1.